The molecule has 0 aromatic heterocycles. The van der Waals surface area contributed by atoms with Gasteiger partial charge < -0.3 is 0 Å². The monoisotopic (exact) mass is 163 g/mol. The maximum Gasteiger partial charge on any atom is 0.211 e. The molecule has 0 atom stereocenters. The fraction of sp³-hybridized carbons (Fsp3) is 1.00. The van der Waals surface area contributed by atoms with Crippen molar-refractivity contribution in [3.05, 3.63) is 0 Å². The molecule has 3 nitrogen and oxygen atoms in total. The Morgan fingerprint density at radius 3 is 2.50 bits per heavy atom. The van der Waals surface area contributed by atoms with Gasteiger partial charge >= 0.3 is 0 Å². The van der Waals surface area contributed by atoms with Gasteiger partial charge in [-0.25, -0.2) is 13.1 Å². The molecule has 0 saturated heterocycles. The van der Waals surface area contributed by atoms with Crippen LogP contribution in [0.4, 0.5) is 0 Å². The number of hydrogen-bond donors (Lipinski definition) is 1. The van der Waals surface area contributed by atoms with Crippen LogP contribution in [0.3, 0.4) is 0 Å². The van der Waals surface area contributed by atoms with Gasteiger partial charge in [0, 0.05) is 0 Å². The highest BCUT2D eigenvalue weighted by atomic mass is 32.2. The molecule has 0 aliphatic heterocycles. The summed E-state index contributed by atoms with van der Waals surface area (Å²) in [6, 6.07) is 0. The first-order valence-electron chi connectivity index (χ1n) is 3.55. The molecule has 1 fully saturated rings. The maximum absolute atomic E-state index is 10.8. The van der Waals surface area contributed by atoms with E-state index in [2.05, 4.69) is 4.72 Å². The third-order valence-electron chi connectivity index (χ3n) is 1.80. The Kier molecular flexibility index (Phi) is 2.31. The summed E-state index contributed by atoms with van der Waals surface area (Å²) in [6.45, 7) is 0. The molecule has 0 unspecified atom stereocenters. The number of sulfonamides is 1. The SMILES string of the molecule is CNS(=O)(=O)CCC1CC1. The van der Waals surface area contributed by atoms with E-state index in [0.717, 1.165) is 6.42 Å². The van der Waals surface area contributed by atoms with E-state index in [1.807, 2.05) is 0 Å². The third kappa shape index (κ3) is 2.66. The van der Waals surface area contributed by atoms with Crippen LogP contribution < -0.4 is 4.72 Å². The summed E-state index contributed by atoms with van der Waals surface area (Å²) in [5.74, 6) is 0.997. The standard InChI is InChI=1S/C6H13NO2S/c1-7-10(8,9)5-4-6-2-3-6/h6-7H,2-5H2,1H3. The van der Waals surface area contributed by atoms with Crippen molar-refractivity contribution in [2.75, 3.05) is 12.8 Å². The van der Waals surface area contributed by atoms with Gasteiger partial charge in [0.15, 0.2) is 0 Å². The number of hydrogen-bond acceptors (Lipinski definition) is 2. The Morgan fingerprint density at radius 1 is 1.50 bits per heavy atom. The molecule has 0 aromatic rings. The normalized spacial score (nSPS) is 19.3. The highest BCUT2D eigenvalue weighted by Gasteiger charge is 2.23. The first-order chi connectivity index (χ1) is 4.64. The predicted octanol–water partition coefficient (Wildman–Crippen LogP) is 0.336. The zero-order chi connectivity index (χ0) is 7.61. The van der Waals surface area contributed by atoms with Crippen LogP contribution in [0.15, 0.2) is 0 Å². The van der Waals surface area contributed by atoms with Crippen LogP contribution in [0.1, 0.15) is 19.3 Å². The van der Waals surface area contributed by atoms with E-state index >= 15 is 0 Å². The second-order valence-electron chi connectivity index (χ2n) is 2.76. The highest BCUT2D eigenvalue weighted by Crippen LogP contribution is 2.32. The van der Waals surface area contributed by atoms with Gasteiger partial charge in [0.2, 0.25) is 10.0 Å². The van der Waals surface area contributed by atoms with Crippen molar-refractivity contribution < 1.29 is 8.42 Å². The minimum absolute atomic E-state index is 0.300. The van der Waals surface area contributed by atoms with Gasteiger partial charge in [0.1, 0.15) is 0 Å². The fourth-order valence-corrected chi connectivity index (χ4v) is 1.68. The number of rotatable bonds is 4. The molecule has 10 heavy (non-hydrogen) atoms. The van der Waals surface area contributed by atoms with Gasteiger partial charge in [-0.2, -0.15) is 0 Å². The molecule has 1 aliphatic carbocycles. The Morgan fingerprint density at radius 2 is 2.10 bits per heavy atom. The van der Waals surface area contributed by atoms with Gasteiger partial charge in [-0.3, -0.25) is 0 Å². The van der Waals surface area contributed by atoms with Crippen LogP contribution in [0.25, 0.3) is 0 Å². The molecule has 1 saturated carbocycles. The van der Waals surface area contributed by atoms with Crippen LogP contribution in [0.5, 0.6) is 0 Å². The molecule has 0 radical (unpaired) electrons. The molecule has 1 rings (SSSR count). The zero-order valence-electron chi connectivity index (χ0n) is 6.13. The predicted molar refractivity (Wildman–Crippen MR) is 40.2 cm³/mol. The first kappa shape index (κ1) is 8.01. The van der Waals surface area contributed by atoms with E-state index in [1.165, 1.54) is 19.9 Å². The smallest absolute Gasteiger partial charge is 0.211 e. The summed E-state index contributed by atoms with van der Waals surface area (Å²) in [7, 11) is -1.46. The molecule has 0 amide bonds. The van der Waals surface area contributed by atoms with Crippen molar-refractivity contribution in [1.82, 2.24) is 4.72 Å². The zero-order valence-corrected chi connectivity index (χ0v) is 6.95. The van der Waals surface area contributed by atoms with E-state index in [9.17, 15) is 8.42 Å². The van der Waals surface area contributed by atoms with Gasteiger partial charge in [-0.15, -0.1) is 0 Å². The van der Waals surface area contributed by atoms with Gasteiger partial charge in [-0.05, 0) is 19.4 Å². The third-order valence-corrected chi connectivity index (χ3v) is 3.20. The topological polar surface area (TPSA) is 46.2 Å². The lowest BCUT2D eigenvalue weighted by Crippen LogP contribution is -2.22. The molecule has 60 valence electrons. The maximum atomic E-state index is 10.8. The first-order valence-corrected chi connectivity index (χ1v) is 5.20. The molecule has 4 heteroatoms. The van der Waals surface area contributed by atoms with Gasteiger partial charge in [0.05, 0.1) is 5.75 Å². The van der Waals surface area contributed by atoms with Crippen LogP contribution in [0, 0.1) is 5.92 Å². The van der Waals surface area contributed by atoms with Gasteiger partial charge in [0.25, 0.3) is 0 Å². The molecule has 1 N–H and O–H groups in total. The highest BCUT2D eigenvalue weighted by molar-refractivity contribution is 7.89. The van der Waals surface area contributed by atoms with Crippen molar-refractivity contribution in [1.29, 1.82) is 0 Å². The summed E-state index contributed by atoms with van der Waals surface area (Å²) in [4.78, 5) is 0. The minimum atomic E-state index is -2.92. The average Bonchev–Trinajstić information content (AvgIpc) is 2.66. The molecule has 0 heterocycles. The van der Waals surface area contributed by atoms with Crippen molar-refractivity contribution >= 4 is 10.0 Å². The lowest BCUT2D eigenvalue weighted by atomic mass is 10.3. The summed E-state index contributed by atoms with van der Waals surface area (Å²) < 4.78 is 23.9. The lowest BCUT2D eigenvalue weighted by Gasteiger charge is -1.98. The summed E-state index contributed by atoms with van der Waals surface area (Å²) >= 11 is 0. The number of nitrogens with one attached hydrogen (secondary N) is 1. The Bertz CT molecular complexity index is 194. The van der Waals surface area contributed by atoms with E-state index in [4.69, 9.17) is 0 Å². The Labute approximate surface area is 61.9 Å². The van der Waals surface area contributed by atoms with Crippen LogP contribution in [0.2, 0.25) is 0 Å². The second-order valence-corrected chi connectivity index (χ2v) is 4.80. The van der Waals surface area contributed by atoms with Gasteiger partial charge in [-0.1, -0.05) is 12.8 Å². The molecular formula is C6H13NO2S. The molecular weight excluding hydrogens is 150 g/mol. The Hall–Kier alpha value is -0.0900. The van der Waals surface area contributed by atoms with Crippen LogP contribution in [-0.4, -0.2) is 21.2 Å². The van der Waals surface area contributed by atoms with E-state index in [1.54, 1.807) is 0 Å². The van der Waals surface area contributed by atoms with Crippen molar-refractivity contribution in [3.8, 4) is 0 Å². The summed E-state index contributed by atoms with van der Waals surface area (Å²) in [5.41, 5.74) is 0. The Balaban J connectivity index is 2.22. The quantitative estimate of drug-likeness (QED) is 0.649. The van der Waals surface area contributed by atoms with E-state index < -0.39 is 10.0 Å². The van der Waals surface area contributed by atoms with Crippen LogP contribution >= 0.6 is 0 Å². The molecule has 0 spiro atoms. The second kappa shape index (κ2) is 2.88. The van der Waals surface area contributed by atoms with Crippen molar-refractivity contribution in [2.24, 2.45) is 5.92 Å². The average molecular weight is 163 g/mol. The molecule has 1 aliphatic rings. The molecule has 0 aromatic carbocycles. The van der Waals surface area contributed by atoms with E-state index in [0.29, 0.717) is 11.7 Å². The minimum Gasteiger partial charge on any atom is -0.218 e. The van der Waals surface area contributed by atoms with Crippen LogP contribution in [-0.2, 0) is 10.0 Å². The lowest BCUT2D eigenvalue weighted by molar-refractivity contribution is 0.582. The van der Waals surface area contributed by atoms with Crippen molar-refractivity contribution in [2.45, 2.75) is 19.3 Å². The van der Waals surface area contributed by atoms with Crippen molar-refractivity contribution in [3.63, 3.8) is 0 Å². The largest absolute Gasteiger partial charge is 0.218 e. The summed E-state index contributed by atoms with van der Waals surface area (Å²) in [5, 5.41) is 0. The fourth-order valence-electron chi connectivity index (χ4n) is 0.830. The molecule has 0 bridgehead atoms. The summed E-state index contributed by atoms with van der Waals surface area (Å²) in [6.07, 6.45) is 3.28. The van der Waals surface area contributed by atoms with E-state index in [-0.39, 0.29) is 0 Å².